The zero-order valence-corrected chi connectivity index (χ0v) is 14.3. The summed E-state index contributed by atoms with van der Waals surface area (Å²) in [7, 11) is 0. The van der Waals surface area contributed by atoms with Crippen LogP contribution in [0.15, 0.2) is 53.4 Å². The van der Waals surface area contributed by atoms with Crippen molar-refractivity contribution in [2.45, 2.75) is 17.9 Å². The fraction of sp³-hybridized carbons (Fsp3) is 0.176. The predicted octanol–water partition coefficient (Wildman–Crippen LogP) is 2.66. The summed E-state index contributed by atoms with van der Waals surface area (Å²) in [4.78, 5) is 34.1. The Bertz CT molecular complexity index is 796. The van der Waals surface area contributed by atoms with Gasteiger partial charge in [-0.1, -0.05) is 30.3 Å². The molecule has 25 heavy (non-hydrogen) atoms. The van der Waals surface area contributed by atoms with E-state index in [1.54, 1.807) is 0 Å². The Morgan fingerprint density at radius 3 is 2.52 bits per heavy atom. The lowest BCUT2D eigenvalue weighted by Gasteiger charge is -2.14. The number of nitrogens with two attached hydrogens (primary N) is 1. The standard InChI is InChI=1S/C17H17N3O4S/c1-11(12-5-3-2-4-6-12)19-16(21)10-25-15-8-7-13(17(18)22)9-14(15)20(23)24/h2-9,11H,10H2,1H3,(H2,18,22)(H,19,21)/t11-/m0/s1. The van der Waals surface area contributed by atoms with Crippen LogP contribution in [0.2, 0.25) is 0 Å². The quantitative estimate of drug-likeness (QED) is 0.448. The minimum atomic E-state index is -0.742. The number of benzene rings is 2. The molecule has 130 valence electrons. The van der Waals surface area contributed by atoms with E-state index in [1.165, 1.54) is 12.1 Å². The molecule has 0 radical (unpaired) electrons. The van der Waals surface area contributed by atoms with Crippen LogP contribution in [0.3, 0.4) is 0 Å². The molecule has 0 aliphatic carbocycles. The summed E-state index contributed by atoms with van der Waals surface area (Å²) in [6.45, 7) is 1.86. The van der Waals surface area contributed by atoms with Gasteiger partial charge >= 0.3 is 0 Å². The molecule has 8 heteroatoms. The first-order valence-electron chi connectivity index (χ1n) is 7.44. The Labute approximate surface area is 148 Å². The zero-order valence-electron chi connectivity index (χ0n) is 13.5. The lowest BCUT2D eigenvalue weighted by atomic mass is 10.1. The Hall–Kier alpha value is -2.87. The van der Waals surface area contributed by atoms with E-state index in [4.69, 9.17) is 5.73 Å². The molecule has 0 fully saturated rings. The van der Waals surface area contributed by atoms with Crippen molar-refractivity contribution in [2.75, 3.05) is 5.75 Å². The van der Waals surface area contributed by atoms with Gasteiger partial charge in [0.05, 0.1) is 21.6 Å². The van der Waals surface area contributed by atoms with Gasteiger partial charge in [0.15, 0.2) is 0 Å². The number of primary amides is 1. The number of hydrogen-bond donors (Lipinski definition) is 2. The van der Waals surface area contributed by atoms with Crippen molar-refractivity contribution < 1.29 is 14.5 Å². The van der Waals surface area contributed by atoms with E-state index in [2.05, 4.69) is 5.32 Å². The first-order valence-corrected chi connectivity index (χ1v) is 8.42. The summed E-state index contributed by atoms with van der Waals surface area (Å²) in [5, 5.41) is 14.0. The zero-order chi connectivity index (χ0) is 18.4. The van der Waals surface area contributed by atoms with Crippen molar-refractivity contribution in [3.63, 3.8) is 0 Å². The number of nitro benzene ring substituents is 1. The summed E-state index contributed by atoms with van der Waals surface area (Å²) in [6.07, 6.45) is 0. The first-order chi connectivity index (χ1) is 11.9. The van der Waals surface area contributed by atoms with Crippen LogP contribution in [-0.2, 0) is 4.79 Å². The van der Waals surface area contributed by atoms with Gasteiger partial charge in [-0.2, -0.15) is 0 Å². The van der Waals surface area contributed by atoms with Crippen LogP contribution in [-0.4, -0.2) is 22.5 Å². The van der Waals surface area contributed by atoms with Crippen LogP contribution >= 0.6 is 11.8 Å². The average Bonchev–Trinajstić information content (AvgIpc) is 2.60. The van der Waals surface area contributed by atoms with Gasteiger partial charge in [-0.3, -0.25) is 19.7 Å². The monoisotopic (exact) mass is 359 g/mol. The second kappa shape index (κ2) is 8.29. The number of hydrogen-bond acceptors (Lipinski definition) is 5. The lowest BCUT2D eigenvalue weighted by molar-refractivity contribution is -0.387. The maximum absolute atomic E-state index is 12.1. The first kappa shape index (κ1) is 18.5. The fourth-order valence-corrected chi connectivity index (χ4v) is 3.00. The molecule has 0 unspecified atom stereocenters. The molecule has 0 heterocycles. The largest absolute Gasteiger partial charge is 0.366 e. The van der Waals surface area contributed by atoms with Crippen LogP contribution in [0.1, 0.15) is 28.9 Å². The fourth-order valence-electron chi connectivity index (χ4n) is 2.19. The van der Waals surface area contributed by atoms with Crippen LogP contribution < -0.4 is 11.1 Å². The molecule has 0 aliphatic rings. The summed E-state index contributed by atoms with van der Waals surface area (Å²) in [5.41, 5.74) is 5.91. The molecule has 0 aromatic heterocycles. The highest BCUT2D eigenvalue weighted by Crippen LogP contribution is 2.30. The van der Waals surface area contributed by atoms with E-state index in [9.17, 15) is 19.7 Å². The van der Waals surface area contributed by atoms with E-state index in [0.717, 1.165) is 23.4 Å². The Balaban J connectivity index is 2.02. The summed E-state index contributed by atoms with van der Waals surface area (Å²) in [6, 6.07) is 13.3. The highest BCUT2D eigenvalue weighted by atomic mass is 32.2. The molecule has 0 spiro atoms. The SMILES string of the molecule is C[C@H](NC(=O)CSc1ccc(C(N)=O)cc1[N+](=O)[O-])c1ccccc1. The lowest BCUT2D eigenvalue weighted by Crippen LogP contribution is -2.28. The number of thioether (sulfide) groups is 1. The molecule has 1 atom stereocenters. The highest BCUT2D eigenvalue weighted by Gasteiger charge is 2.18. The normalized spacial score (nSPS) is 11.6. The smallest absolute Gasteiger partial charge is 0.283 e. The molecule has 3 N–H and O–H groups in total. The van der Waals surface area contributed by atoms with Crippen LogP contribution in [0.4, 0.5) is 5.69 Å². The van der Waals surface area contributed by atoms with Gasteiger partial charge in [0.2, 0.25) is 11.8 Å². The Kier molecular flexibility index (Phi) is 6.13. The highest BCUT2D eigenvalue weighted by molar-refractivity contribution is 8.00. The Morgan fingerprint density at radius 1 is 1.24 bits per heavy atom. The second-order valence-electron chi connectivity index (χ2n) is 5.29. The second-order valence-corrected chi connectivity index (χ2v) is 6.31. The third-order valence-electron chi connectivity index (χ3n) is 3.48. The minimum Gasteiger partial charge on any atom is -0.366 e. The van der Waals surface area contributed by atoms with E-state index < -0.39 is 10.8 Å². The number of nitro groups is 1. The third-order valence-corrected chi connectivity index (χ3v) is 4.54. The maximum atomic E-state index is 12.1. The molecule has 0 saturated heterocycles. The van der Waals surface area contributed by atoms with Gasteiger partial charge in [0.25, 0.3) is 5.69 Å². The van der Waals surface area contributed by atoms with Gasteiger partial charge in [0.1, 0.15) is 0 Å². The molecule has 2 rings (SSSR count). The number of carbonyl (C=O) groups is 2. The molecule has 0 bridgehead atoms. The maximum Gasteiger partial charge on any atom is 0.283 e. The molecule has 2 amide bonds. The van der Waals surface area contributed by atoms with Gasteiger partial charge < -0.3 is 11.1 Å². The minimum absolute atomic E-state index is 0.0218. The van der Waals surface area contributed by atoms with Crippen molar-refractivity contribution in [3.05, 3.63) is 69.8 Å². The summed E-state index contributed by atoms with van der Waals surface area (Å²) < 4.78 is 0. The number of carbonyl (C=O) groups excluding carboxylic acids is 2. The molecule has 2 aromatic carbocycles. The molecule has 2 aromatic rings. The van der Waals surface area contributed by atoms with Crippen molar-refractivity contribution in [3.8, 4) is 0 Å². The molecule has 0 saturated carbocycles. The van der Waals surface area contributed by atoms with Crippen molar-refractivity contribution in [1.29, 1.82) is 0 Å². The molecular weight excluding hydrogens is 342 g/mol. The van der Waals surface area contributed by atoms with Gasteiger partial charge in [0, 0.05) is 11.6 Å². The average molecular weight is 359 g/mol. The third kappa shape index (κ3) is 5.05. The molecule has 7 nitrogen and oxygen atoms in total. The molecule has 0 aliphatic heterocycles. The van der Waals surface area contributed by atoms with E-state index >= 15 is 0 Å². The van der Waals surface area contributed by atoms with E-state index in [1.807, 2.05) is 37.3 Å². The van der Waals surface area contributed by atoms with Crippen LogP contribution in [0.25, 0.3) is 0 Å². The Morgan fingerprint density at radius 2 is 1.92 bits per heavy atom. The van der Waals surface area contributed by atoms with E-state index in [-0.39, 0.29) is 29.0 Å². The predicted molar refractivity (Wildman–Crippen MR) is 95.3 cm³/mol. The van der Waals surface area contributed by atoms with Crippen molar-refractivity contribution >= 4 is 29.3 Å². The van der Waals surface area contributed by atoms with Crippen LogP contribution in [0.5, 0.6) is 0 Å². The molecular formula is C17H17N3O4S. The van der Waals surface area contributed by atoms with E-state index in [0.29, 0.717) is 4.90 Å². The number of amides is 2. The van der Waals surface area contributed by atoms with Crippen molar-refractivity contribution in [2.24, 2.45) is 5.73 Å². The van der Waals surface area contributed by atoms with Crippen LogP contribution in [0, 0.1) is 10.1 Å². The van der Waals surface area contributed by atoms with Gasteiger partial charge in [-0.25, -0.2) is 0 Å². The van der Waals surface area contributed by atoms with Gasteiger partial charge in [-0.05, 0) is 24.6 Å². The summed E-state index contributed by atoms with van der Waals surface area (Å²) >= 11 is 1.04. The number of nitrogens with one attached hydrogen (secondary N) is 1. The summed E-state index contributed by atoms with van der Waals surface area (Å²) in [5.74, 6) is -0.961. The van der Waals surface area contributed by atoms with Gasteiger partial charge in [-0.15, -0.1) is 11.8 Å². The number of rotatable bonds is 7. The van der Waals surface area contributed by atoms with Crippen molar-refractivity contribution in [1.82, 2.24) is 5.32 Å². The number of nitrogens with zero attached hydrogens (tertiary/aromatic N) is 1. The topological polar surface area (TPSA) is 115 Å².